The molecule has 6 heteroatoms. The fourth-order valence-electron chi connectivity index (χ4n) is 2.11. The van der Waals surface area contributed by atoms with E-state index in [1.807, 2.05) is 4.90 Å². The molecule has 2 N–H and O–H groups in total. The highest BCUT2D eigenvalue weighted by Crippen LogP contribution is 2.13. The molecular weight excluding hydrogens is 254 g/mol. The molecule has 1 heterocycles. The molecule has 1 aliphatic rings. The molecule has 0 radical (unpaired) electrons. The first-order valence-corrected chi connectivity index (χ1v) is 6.19. The first-order chi connectivity index (χ1) is 9.02. The zero-order chi connectivity index (χ0) is 13.8. The summed E-state index contributed by atoms with van der Waals surface area (Å²) >= 11 is 0. The number of hydrogen-bond acceptors (Lipinski definition) is 3. The molecule has 1 aromatic carbocycles. The molecule has 0 saturated carbocycles. The predicted octanol–water partition coefficient (Wildman–Crippen LogP) is 1.36. The lowest BCUT2D eigenvalue weighted by molar-refractivity contribution is -0.117. The maximum Gasteiger partial charge on any atom is 0.238 e. The van der Waals surface area contributed by atoms with Crippen LogP contribution in [0, 0.1) is 11.6 Å². The zero-order valence-electron chi connectivity index (χ0n) is 10.4. The highest BCUT2D eigenvalue weighted by Gasteiger charge is 2.19. The van der Waals surface area contributed by atoms with Crippen molar-refractivity contribution in [3.63, 3.8) is 0 Å². The SMILES string of the molecule is O=C(CN1CCC(O)CC1)Nc1cc(F)cc(F)c1. The third kappa shape index (κ3) is 4.25. The van der Waals surface area contributed by atoms with Crippen molar-refractivity contribution >= 4 is 11.6 Å². The predicted molar refractivity (Wildman–Crippen MR) is 66.7 cm³/mol. The average molecular weight is 270 g/mol. The van der Waals surface area contributed by atoms with Gasteiger partial charge in [-0.25, -0.2) is 8.78 Å². The van der Waals surface area contributed by atoms with Crippen molar-refractivity contribution in [1.29, 1.82) is 0 Å². The number of hydrogen-bond donors (Lipinski definition) is 2. The van der Waals surface area contributed by atoms with Crippen molar-refractivity contribution in [2.75, 3.05) is 25.0 Å². The van der Waals surface area contributed by atoms with E-state index in [9.17, 15) is 18.7 Å². The number of aliphatic hydroxyl groups excluding tert-OH is 1. The maximum atomic E-state index is 13.0. The number of carbonyl (C=O) groups is 1. The van der Waals surface area contributed by atoms with Crippen LogP contribution < -0.4 is 5.32 Å². The molecular formula is C13H16F2N2O2. The van der Waals surface area contributed by atoms with Gasteiger partial charge in [-0.2, -0.15) is 0 Å². The van der Waals surface area contributed by atoms with Gasteiger partial charge in [0.25, 0.3) is 0 Å². The van der Waals surface area contributed by atoms with Crippen molar-refractivity contribution in [3.05, 3.63) is 29.8 Å². The van der Waals surface area contributed by atoms with Gasteiger partial charge in [-0.05, 0) is 25.0 Å². The van der Waals surface area contributed by atoms with Crippen LogP contribution in [0.5, 0.6) is 0 Å². The number of likely N-dealkylation sites (tertiary alicyclic amines) is 1. The molecule has 4 nitrogen and oxygen atoms in total. The second-order valence-electron chi connectivity index (χ2n) is 4.71. The topological polar surface area (TPSA) is 52.6 Å². The number of rotatable bonds is 3. The number of anilines is 1. The summed E-state index contributed by atoms with van der Waals surface area (Å²) in [5.41, 5.74) is 0.111. The second-order valence-corrected chi connectivity index (χ2v) is 4.71. The Morgan fingerprint density at radius 1 is 1.26 bits per heavy atom. The Bertz CT molecular complexity index is 440. The van der Waals surface area contributed by atoms with Crippen LogP contribution in [-0.4, -0.2) is 41.7 Å². The second kappa shape index (κ2) is 6.08. The van der Waals surface area contributed by atoms with Crippen LogP contribution >= 0.6 is 0 Å². The normalized spacial score (nSPS) is 17.4. The fraction of sp³-hybridized carbons (Fsp3) is 0.462. The van der Waals surface area contributed by atoms with E-state index in [0.29, 0.717) is 25.9 Å². The molecule has 1 aromatic rings. The molecule has 0 aromatic heterocycles. The van der Waals surface area contributed by atoms with E-state index in [-0.39, 0.29) is 24.2 Å². The molecule has 1 fully saturated rings. The highest BCUT2D eigenvalue weighted by molar-refractivity contribution is 5.92. The van der Waals surface area contributed by atoms with Gasteiger partial charge in [-0.15, -0.1) is 0 Å². The van der Waals surface area contributed by atoms with Gasteiger partial charge in [0.15, 0.2) is 0 Å². The number of halogens is 2. The zero-order valence-corrected chi connectivity index (χ0v) is 10.4. The number of piperidine rings is 1. The third-order valence-corrected chi connectivity index (χ3v) is 3.07. The number of carbonyl (C=O) groups excluding carboxylic acids is 1. The Morgan fingerprint density at radius 2 is 1.84 bits per heavy atom. The summed E-state index contributed by atoms with van der Waals surface area (Å²) in [5, 5.41) is 11.8. The molecule has 0 bridgehead atoms. The molecule has 0 unspecified atom stereocenters. The van der Waals surface area contributed by atoms with Crippen LogP contribution in [0.2, 0.25) is 0 Å². The number of amides is 1. The minimum Gasteiger partial charge on any atom is -0.393 e. The van der Waals surface area contributed by atoms with Crippen LogP contribution in [0.1, 0.15) is 12.8 Å². The van der Waals surface area contributed by atoms with Crippen molar-refractivity contribution < 1.29 is 18.7 Å². The van der Waals surface area contributed by atoms with Crippen LogP contribution in [-0.2, 0) is 4.79 Å². The minimum atomic E-state index is -0.726. The first kappa shape index (κ1) is 13.9. The highest BCUT2D eigenvalue weighted by atomic mass is 19.1. The molecule has 0 atom stereocenters. The van der Waals surface area contributed by atoms with E-state index < -0.39 is 11.6 Å². The lowest BCUT2D eigenvalue weighted by Crippen LogP contribution is -2.40. The van der Waals surface area contributed by atoms with Gasteiger partial charge in [-0.1, -0.05) is 0 Å². The number of benzene rings is 1. The van der Waals surface area contributed by atoms with Gasteiger partial charge in [0.05, 0.1) is 12.6 Å². The number of aliphatic hydroxyl groups is 1. The summed E-state index contributed by atoms with van der Waals surface area (Å²) in [7, 11) is 0. The summed E-state index contributed by atoms with van der Waals surface area (Å²) in [6.07, 6.45) is 0.987. The Morgan fingerprint density at radius 3 is 2.42 bits per heavy atom. The van der Waals surface area contributed by atoms with Gasteiger partial charge in [-0.3, -0.25) is 9.69 Å². The maximum absolute atomic E-state index is 13.0. The van der Waals surface area contributed by atoms with Crippen molar-refractivity contribution in [2.24, 2.45) is 0 Å². The summed E-state index contributed by atoms with van der Waals surface area (Å²) in [5.74, 6) is -1.77. The van der Waals surface area contributed by atoms with Crippen molar-refractivity contribution in [2.45, 2.75) is 18.9 Å². The summed E-state index contributed by atoms with van der Waals surface area (Å²) < 4.78 is 25.9. The Kier molecular flexibility index (Phi) is 4.44. The third-order valence-electron chi connectivity index (χ3n) is 3.07. The standard InChI is InChI=1S/C13H16F2N2O2/c14-9-5-10(15)7-11(6-9)16-13(19)8-17-3-1-12(18)2-4-17/h5-7,12,18H,1-4,8H2,(H,16,19). The van der Waals surface area contributed by atoms with E-state index >= 15 is 0 Å². The Hall–Kier alpha value is -1.53. The molecule has 0 aliphatic carbocycles. The molecule has 1 amide bonds. The first-order valence-electron chi connectivity index (χ1n) is 6.19. The van der Waals surface area contributed by atoms with E-state index in [4.69, 9.17) is 0 Å². The van der Waals surface area contributed by atoms with Crippen LogP contribution in [0.3, 0.4) is 0 Å². The van der Waals surface area contributed by atoms with E-state index in [2.05, 4.69) is 5.32 Å². The lowest BCUT2D eigenvalue weighted by atomic mass is 10.1. The Labute approximate surface area is 110 Å². The minimum absolute atomic E-state index is 0.111. The summed E-state index contributed by atoms with van der Waals surface area (Å²) in [6.45, 7) is 1.45. The fourth-order valence-corrected chi connectivity index (χ4v) is 2.11. The van der Waals surface area contributed by atoms with E-state index in [1.165, 1.54) is 0 Å². The Balaban J connectivity index is 1.87. The molecule has 19 heavy (non-hydrogen) atoms. The van der Waals surface area contributed by atoms with Gasteiger partial charge in [0, 0.05) is 24.8 Å². The van der Waals surface area contributed by atoms with Gasteiger partial charge < -0.3 is 10.4 Å². The summed E-state index contributed by atoms with van der Waals surface area (Å²) in [4.78, 5) is 13.6. The number of nitrogens with zero attached hydrogens (tertiary/aromatic N) is 1. The van der Waals surface area contributed by atoms with Crippen LogP contribution in [0.15, 0.2) is 18.2 Å². The van der Waals surface area contributed by atoms with Gasteiger partial charge >= 0.3 is 0 Å². The molecule has 1 aliphatic heterocycles. The van der Waals surface area contributed by atoms with E-state index in [1.54, 1.807) is 0 Å². The largest absolute Gasteiger partial charge is 0.393 e. The van der Waals surface area contributed by atoms with Crippen molar-refractivity contribution in [3.8, 4) is 0 Å². The lowest BCUT2D eigenvalue weighted by Gasteiger charge is -2.28. The molecule has 1 saturated heterocycles. The number of nitrogens with one attached hydrogen (secondary N) is 1. The van der Waals surface area contributed by atoms with Crippen LogP contribution in [0.25, 0.3) is 0 Å². The molecule has 0 spiro atoms. The molecule has 104 valence electrons. The van der Waals surface area contributed by atoms with E-state index in [0.717, 1.165) is 18.2 Å². The van der Waals surface area contributed by atoms with Gasteiger partial charge in [0.1, 0.15) is 11.6 Å². The van der Waals surface area contributed by atoms with Gasteiger partial charge in [0.2, 0.25) is 5.91 Å². The summed E-state index contributed by atoms with van der Waals surface area (Å²) in [6, 6.07) is 2.89. The quantitative estimate of drug-likeness (QED) is 0.872. The smallest absolute Gasteiger partial charge is 0.238 e. The monoisotopic (exact) mass is 270 g/mol. The molecule has 2 rings (SSSR count). The van der Waals surface area contributed by atoms with Crippen molar-refractivity contribution in [1.82, 2.24) is 4.90 Å². The average Bonchev–Trinajstić information content (AvgIpc) is 2.30. The van der Waals surface area contributed by atoms with Crippen LogP contribution in [0.4, 0.5) is 14.5 Å².